The van der Waals surface area contributed by atoms with Crippen molar-refractivity contribution in [2.75, 3.05) is 11.9 Å². The zero-order valence-electron chi connectivity index (χ0n) is 15.2. The number of carboxylic acid groups (broad SMARTS) is 1. The lowest BCUT2D eigenvalue weighted by atomic mass is 10.0. The highest BCUT2D eigenvalue weighted by Crippen LogP contribution is 2.17. The van der Waals surface area contributed by atoms with Crippen LogP contribution < -0.4 is 0 Å². The van der Waals surface area contributed by atoms with Crippen LogP contribution in [0.4, 0.5) is 4.79 Å². The van der Waals surface area contributed by atoms with Crippen LogP contribution in [0, 0.1) is 0 Å². The van der Waals surface area contributed by atoms with Gasteiger partial charge < -0.3 is 9.84 Å². The molecule has 5 nitrogen and oxygen atoms in total. The highest BCUT2D eigenvalue weighted by atomic mass is 79.9. The summed E-state index contributed by atoms with van der Waals surface area (Å²) in [6.45, 7) is 5.70. The summed E-state index contributed by atoms with van der Waals surface area (Å²) in [7, 11) is 0. The monoisotopic (exact) mass is 413 g/mol. The van der Waals surface area contributed by atoms with E-state index in [4.69, 9.17) is 4.74 Å². The molecule has 1 N–H and O–H groups in total. The molecule has 0 radical (unpaired) electrons. The quantitative estimate of drug-likeness (QED) is 0.478. The average molecular weight is 414 g/mol. The maximum atomic E-state index is 12.6. The minimum Gasteiger partial charge on any atom is -0.480 e. The number of ether oxygens (including phenoxy) is 1. The molecule has 0 aliphatic carbocycles. The van der Waals surface area contributed by atoms with E-state index in [9.17, 15) is 14.7 Å². The fraction of sp³-hybridized carbons (Fsp3) is 0.579. The van der Waals surface area contributed by atoms with E-state index in [2.05, 4.69) is 15.9 Å². The van der Waals surface area contributed by atoms with Crippen molar-refractivity contribution < 1.29 is 19.4 Å². The molecule has 0 fully saturated rings. The maximum absolute atomic E-state index is 12.6. The van der Waals surface area contributed by atoms with Gasteiger partial charge in [-0.15, -0.1) is 0 Å². The zero-order chi connectivity index (χ0) is 18.9. The van der Waals surface area contributed by atoms with Crippen molar-refractivity contribution in [3.05, 3.63) is 35.9 Å². The van der Waals surface area contributed by atoms with Crippen molar-refractivity contribution in [1.82, 2.24) is 4.90 Å². The van der Waals surface area contributed by atoms with E-state index in [0.717, 1.165) is 30.2 Å². The molecule has 1 aromatic carbocycles. The number of unbranched alkanes of at least 4 members (excludes halogenated alkanes) is 2. The molecule has 0 aromatic heterocycles. The Balaban J connectivity index is 2.93. The van der Waals surface area contributed by atoms with Crippen molar-refractivity contribution in [2.45, 2.75) is 58.1 Å². The Hall–Kier alpha value is -1.56. The van der Waals surface area contributed by atoms with Crippen LogP contribution >= 0.6 is 15.9 Å². The first-order valence-corrected chi connectivity index (χ1v) is 9.69. The fourth-order valence-corrected chi connectivity index (χ4v) is 2.81. The van der Waals surface area contributed by atoms with E-state index in [0.29, 0.717) is 6.54 Å². The molecule has 0 unspecified atom stereocenters. The first kappa shape index (κ1) is 21.5. The van der Waals surface area contributed by atoms with Crippen LogP contribution in [0.2, 0.25) is 0 Å². The number of amides is 1. The van der Waals surface area contributed by atoms with Crippen LogP contribution in [0.15, 0.2) is 30.3 Å². The number of alkyl halides is 1. The van der Waals surface area contributed by atoms with Crippen LogP contribution in [0.25, 0.3) is 0 Å². The van der Waals surface area contributed by atoms with Gasteiger partial charge in [-0.3, -0.25) is 4.90 Å². The summed E-state index contributed by atoms with van der Waals surface area (Å²) in [6.07, 6.45) is 2.33. The number of aliphatic carboxylic acids is 1. The third-order valence-corrected chi connectivity index (χ3v) is 4.15. The highest BCUT2D eigenvalue weighted by Gasteiger charge is 2.32. The molecule has 6 heteroatoms. The third kappa shape index (κ3) is 8.38. The standard InChI is InChI=1S/C19H28BrNO4/c1-19(2,3)25-18(24)21(13-9-5-8-12-20)16(17(22)23)14-15-10-6-4-7-11-15/h4,6-7,10-11,16H,5,8-9,12-14H2,1-3H3,(H,22,23)/t16-/m0/s1. The van der Waals surface area contributed by atoms with Gasteiger partial charge in [0.1, 0.15) is 11.6 Å². The number of hydrogen-bond acceptors (Lipinski definition) is 3. The van der Waals surface area contributed by atoms with E-state index in [-0.39, 0.29) is 6.42 Å². The normalized spacial score (nSPS) is 12.5. The number of hydrogen-bond donors (Lipinski definition) is 1. The minimum absolute atomic E-state index is 0.258. The summed E-state index contributed by atoms with van der Waals surface area (Å²) >= 11 is 3.38. The van der Waals surface area contributed by atoms with Gasteiger partial charge in [-0.05, 0) is 39.2 Å². The van der Waals surface area contributed by atoms with Crippen LogP contribution in [0.5, 0.6) is 0 Å². The molecule has 1 aromatic rings. The van der Waals surface area contributed by atoms with Gasteiger partial charge in [0.2, 0.25) is 0 Å². The molecule has 0 heterocycles. The number of benzene rings is 1. The number of carbonyl (C=O) groups excluding carboxylic acids is 1. The maximum Gasteiger partial charge on any atom is 0.411 e. The predicted molar refractivity (Wildman–Crippen MR) is 102 cm³/mol. The summed E-state index contributed by atoms with van der Waals surface area (Å²) < 4.78 is 5.44. The number of nitrogens with zero attached hydrogens (tertiary/aromatic N) is 1. The molecule has 0 saturated carbocycles. The first-order chi connectivity index (χ1) is 11.7. The molecule has 140 valence electrons. The molecule has 0 saturated heterocycles. The van der Waals surface area contributed by atoms with Gasteiger partial charge >= 0.3 is 12.1 Å². The van der Waals surface area contributed by atoms with Gasteiger partial charge in [0.05, 0.1) is 0 Å². The van der Waals surface area contributed by atoms with Crippen LogP contribution in [-0.4, -0.2) is 45.6 Å². The van der Waals surface area contributed by atoms with Crippen molar-refractivity contribution in [3.63, 3.8) is 0 Å². The molecule has 1 rings (SSSR count). The minimum atomic E-state index is -1.02. The molecular formula is C19H28BrNO4. The van der Waals surface area contributed by atoms with Gasteiger partial charge in [-0.25, -0.2) is 9.59 Å². The topological polar surface area (TPSA) is 66.8 Å². The summed E-state index contributed by atoms with van der Waals surface area (Å²) in [5.74, 6) is -1.02. The largest absolute Gasteiger partial charge is 0.480 e. The van der Waals surface area contributed by atoms with Crippen molar-refractivity contribution in [1.29, 1.82) is 0 Å². The van der Waals surface area contributed by atoms with Gasteiger partial charge in [-0.2, -0.15) is 0 Å². The molecule has 25 heavy (non-hydrogen) atoms. The molecule has 0 spiro atoms. The lowest BCUT2D eigenvalue weighted by Gasteiger charge is -2.31. The number of carbonyl (C=O) groups is 2. The Bertz CT molecular complexity index is 542. The Morgan fingerprint density at radius 1 is 1.16 bits per heavy atom. The second kappa shape index (κ2) is 10.4. The summed E-state index contributed by atoms with van der Waals surface area (Å²) in [5, 5.41) is 10.6. The molecule has 0 bridgehead atoms. The molecule has 0 aliphatic heterocycles. The van der Waals surface area contributed by atoms with E-state index >= 15 is 0 Å². The van der Waals surface area contributed by atoms with Gasteiger partial charge in [0.15, 0.2) is 0 Å². The smallest absolute Gasteiger partial charge is 0.411 e. The number of rotatable bonds is 9. The fourth-order valence-electron chi connectivity index (χ4n) is 2.42. The average Bonchev–Trinajstić information content (AvgIpc) is 2.52. The van der Waals surface area contributed by atoms with Gasteiger partial charge in [0, 0.05) is 18.3 Å². The summed E-state index contributed by atoms with van der Waals surface area (Å²) in [5.41, 5.74) is 0.213. The predicted octanol–water partition coefficient (Wildman–Crippen LogP) is 4.48. The number of halogens is 1. The Morgan fingerprint density at radius 3 is 2.32 bits per heavy atom. The molecule has 0 aliphatic rings. The summed E-state index contributed by atoms with van der Waals surface area (Å²) in [4.78, 5) is 25.8. The summed E-state index contributed by atoms with van der Waals surface area (Å²) in [6, 6.07) is 8.40. The van der Waals surface area contributed by atoms with Crippen LogP contribution in [-0.2, 0) is 16.0 Å². The van der Waals surface area contributed by atoms with E-state index < -0.39 is 23.7 Å². The molecule has 1 atom stereocenters. The SMILES string of the molecule is CC(C)(C)OC(=O)N(CCCCCBr)[C@@H](Cc1ccccc1)C(=O)O. The van der Waals surface area contributed by atoms with E-state index in [1.165, 1.54) is 4.90 Å². The van der Waals surface area contributed by atoms with E-state index in [1.807, 2.05) is 30.3 Å². The third-order valence-electron chi connectivity index (χ3n) is 3.59. The second-order valence-electron chi connectivity index (χ2n) is 6.97. The Kier molecular flexibility index (Phi) is 8.97. The van der Waals surface area contributed by atoms with Gasteiger partial charge in [-0.1, -0.05) is 52.7 Å². The Labute approximate surface area is 158 Å². The lowest BCUT2D eigenvalue weighted by Crippen LogP contribution is -2.48. The van der Waals surface area contributed by atoms with E-state index in [1.54, 1.807) is 20.8 Å². The van der Waals surface area contributed by atoms with Gasteiger partial charge in [0.25, 0.3) is 0 Å². The van der Waals surface area contributed by atoms with Crippen LogP contribution in [0.1, 0.15) is 45.6 Å². The molecular weight excluding hydrogens is 386 g/mol. The van der Waals surface area contributed by atoms with Crippen molar-refractivity contribution >= 4 is 28.0 Å². The zero-order valence-corrected chi connectivity index (χ0v) is 16.8. The lowest BCUT2D eigenvalue weighted by molar-refractivity contribution is -0.143. The Morgan fingerprint density at radius 2 is 1.80 bits per heavy atom. The highest BCUT2D eigenvalue weighted by molar-refractivity contribution is 9.09. The first-order valence-electron chi connectivity index (χ1n) is 8.57. The molecule has 1 amide bonds. The van der Waals surface area contributed by atoms with Crippen LogP contribution in [0.3, 0.4) is 0 Å². The number of carboxylic acids is 1. The van der Waals surface area contributed by atoms with Crippen molar-refractivity contribution in [3.8, 4) is 0 Å². The van der Waals surface area contributed by atoms with Crippen molar-refractivity contribution in [2.24, 2.45) is 0 Å². The second-order valence-corrected chi connectivity index (χ2v) is 7.76.